The van der Waals surface area contributed by atoms with E-state index in [9.17, 15) is 9.59 Å². The van der Waals surface area contributed by atoms with Crippen LogP contribution in [0.15, 0.2) is 60.7 Å². The van der Waals surface area contributed by atoms with E-state index in [1.54, 1.807) is 0 Å². The molecule has 0 radical (unpaired) electrons. The average Bonchev–Trinajstić information content (AvgIpc) is 3.20. The molecule has 3 aromatic carbocycles. The monoisotopic (exact) mass is 424 g/mol. The van der Waals surface area contributed by atoms with Crippen LogP contribution in [0.25, 0.3) is 23.3 Å². The summed E-state index contributed by atoms with van der Waals surface area (Å²) in [7, 11) is 0. The van der Waals surface area contributed by atoms with Gasteiger partial charge in [-0.2, -0.15) is 0 Å². The van der Waals surface area contributed by atoms with Gasteiger partial charge in [0.05, 0.1) is 13.2 Å². The Kier molecular flexibility index (Phi) is 5.33. The van der Waals surface area contributed by atoms with Gasteiger partial charge < -0.3 is 15.4 Å². The van der Waals surface area contributed by atoms with Crippen molar-refractivity contribution in [2.75, 3.05) is 26.3 Å². The topological polar surface area (TPSA) is 72.6 Å². The number of rotatable bonds is 4. The van der Waals surface area contributed by atoms with Crippen LogP contribution in [-0.2, 0) is 11.2 Å². The molecule has 0 unspecified atom stereocenters. The number of benzene rings is 3. The third kappa shape index (κ3) is 3.83. The summed E-state index contributed by atoms with van der Waals surface area (Å²) in [4.78, 5) is 27.0. The zero-order valence-electron chi connectivity index (χ0n) is 17.7. The largest absolute Gasteiger partial charge is 0.378 e. The SMILES string of the molecule is NC(=O)c1cc(/C=C/c2ccccc2)cc2c1Cc1cc(C(=O)N3CCOCC3)ccc1-2. The van der Waals surface area contributed by atoms with E-state index < -0.39 is 5.91 Å². The molecule has 0 bridgehead atoms. The number of ether oxygens (including phenoxy) is 1. The summed E-state index contributed by atoms with van der Waals surface area (Å²) in [6.07, 6.45) is 4.61. The minimum Gasteiger partial charge on any atom is -0.378 e. The zero-order valence-corrected chi connectivity index (χ0v) is 17.7. The Hall–Kier alpha value is -3.70. The van der Waals surface area contributed by atoms with Crippen LogP contribution in [0.3, 0.4) is 0 Å². The Morgan fingerprint density at radius 1 is 0.875 bits per heavy atom. The lowest BCUT2D eigenvalue weighted by molar-refractivity contribution is 0.0303. The van der Waals surface area contributed by atoms with E-state index in [1.165, 1.54) is 0 Å². The molecule has 3 aromatic rings. The first-order valence-electron chi connectivity index (χ1n) is 10.8. The number of carbonyl (C=O) groups is 2. The van der Waals surface area contributed by atoms with E-state index in [2.05, 4.69) is 6.07 Å². The lowest BCUT2D eigenvalue weighted by atomic mass is 9.96. The molecule has 2 aliphatic rings. The predicted octanol–water partition coefficient (Wildman–Crippen LogP) is 4.00. The minimum atomic E-state index is -0.436. The van der Waals surface area contributed by atoms with E-state index in [1.807, 2.05) is 71.6 Å². The molecule has 1 aliphatic heterocycles. The van der Waals surface area contributed by atoms with Gasteiger partial charge in [-0.1, -0.05) is 48.6 Å². The minimum absolute atomic E-state index is 0.0219. The van der Waals surface area contributed by atoms with Gasteiger partial charge in [-0.25, -0.2) is 0 Å². The van der Waals surface area contributed by atoms with Gasteiger partial charge in [0.25, 0.3) is 5.91 Å². The van der Waals surface area contributed by atoms with Crippen LogP contribution in [0.1, 0.15) is 43.0 Å². The summed E-state index contributed by atoms with van der Waals surface area (Å²) in [6, 6.07) is 19.8. The van der Waals surface area contributed by atoms with Crippen LogP contribution >= 0.6 is 0 Å². The molecule has 1 heterocycles. The second-order valence-corrected chi connectivity index (χ2v) is 8.16. The number of nitrogens with zero attached hydrogens (tertiary/aromatic N) is 1. The fourth-order valence-electron chi connectivity index (χ4n) is 4.47. The van der Waals surface area contributed by atoms with Crippen LogP contribution in [0.5, 0.6) is 0 Å². The molecule has 32 heavy (non-hydrogen) atoms. The second kappa shape index (κ2) is 8.44. The standard InChI is InChI=1S/C27H24N2O3/c28-26(30)25-15-19(7-6-18-4-2-1-3-5-18)14-23-22-9-8-20(16-21(22)17-24(23)25)27(31)29-10-12-32-13-11-29/h1-9,14-16H,10-13,17H2,(H2,28,30)/b7-6+. The van der Waals surface area contributed by atoms with E-state index in [0.717, 1.165) is 33.4 Å². The number of carbonyl (C=O) groups excluding carboxylic acids is 2. The number of hydrogen-bond donors (Lipinski definition) is 1. The summed E-state index contributed by atoms with van der Waals surface area (Å²) < 4.78 is 5.35. The van der Waals surface area contributed by atoms with Gasteiger partial charge >= 0.3 is 0 Å². The highest BCUT2D eigenvalue weighted by Gasteiger charge is 2.26. The highest BCUT2D eigenvalue weighted by molar-refractivity contribution is 6.00. The number of primary amides is 1. The smallest absolute Gasteiger partial charge is 0.254 e. The average molecular weight is 425 g/mol. The van der Waals surface area contributed by atoms with Crippen molar-refractivity contribution in [3.63, 3.8) is 0 Å². The summed E-state index contributed by atoms with van der Waals surface area (Å²) >= 11 is 0. The number of amides is 2. The van der Waals surface area contributed by atoms with Gasteiger partial charge in [0.15, 0.2) is 0 Å². The van der Waals surface area contributed by atoms with Crippen LogP contribution in [0.2, 0.25) is 0 Å². The van der Waals surface area contributed by atoms with Crippen LogP contribution in [0.4, 0.5) is 0 Å². The Morgan fingerprint density at radius 3 is 2.38 bits per heavy atom. The highest BCUT2D eigenvalue weighted by Crippen LogP contribution is 2.40. The van der Waals surface area contributed by atoms with Crippen molar-refractivity contribution in [1.29, 1.82) is 0 Å². The number of fused-ring (bicyclic) bond motifs is 3. The van der Waals surface area contributed by atoms with E-state index in [4.69, 9.17) is 10.5 Å². The quantitative estimate of drug-likeness (QED) is 0.503. The van der Waals surface area contributed by atoms with Gasteiger partial charge in [0.2, 0.25) is 5.91 Å². The molecule has 1 fully saturated rings. The lowest BCUT2D eigenvalue weighted by Gasteiger charge is -2.27. The Bertz CT molecular complexity index is 1230. The van der Waals surface area contributed by atoms with Gasteiger partial charge in [-0.15, -0.1) is 0 Å². The fraction of sp³-hybridized carbons (Fsp3) is 0.185. The molecule has 5 rings (SSSR count). The molecule has 2 N–H and O–H groups in total. The lowest BCUT2D eigenvalue weighted by Crippen LogP contribution is -2.40. The fourth-order valence-corrected chi connectivity index (χ4v) is 4.47. The Balaban J connectivity index is 1.50. The molecule has 1 aliphatic carbocycles. The maximum absolute atomic E-state index is 12.9. The van der Waals surface area contributed by atoms with Crippen molar-refractivity contribution in [2.24, 2.45) is 5.73 Å². The van der Waals surface area contributed by atoms with E-state index in [-0.39, 0.29) is 5.91 Å². The molecule has 0 spiro atoms. The van der Waals surface area contributed by atoms with E-state index in [0.29, 0.717) is 43.9 Å². The first-order valence-corrected chi connectivity index (χ1v) is 10.8. The van der Waals surface area contributed by atoms with Gasteiger partial charge in [0, 0.05) is 24.2 Å². The molecule has 160 valence electrons. The predicted molar refractivity (Wildman–Crippen MR) is 125 cm³/mol. The zero-order chi connectivity index (χ0) is 22.1. The van der Waals surface area contributed by atoms with E-state index >= 15 is 0 Å². The van der Waals surface area contributed by atoms with Gasteiger partial charge in [0.1, 0.15) is 0 Å². The van der Waals surface area contributed by atoms with Gasteiger partial charge in [-0.3, -0.25) is 9.59 Å². The Labute approximate surface area is 187 Å². The van der Waals surface area contributed by atoms with Crippen LogP contribution < -0.4 is 5.73 Å². The number of nitrogens with two attached hydrogens (primary N) is 1. The third-order valence-electron chi connectivity index (χ3n) is 6.11. The molecule has 0 aromatic heterocycles. The molecule has 5 nitrogen and oxygen atoms in total. The third-order valence-corrected chi connectivity index (χ3v) is 6.11. The summed E-state index contributed by atoms with van der Waals surface area (Å²) in [5.41, 5.74) is 13.0. The molecule has 2 amide bonds. The second-order valence-electron chi connectivity index (χ2n) is 8.16. The van der Waals surface area contributed by atoms with Gasteiger partial charge in [-0.05, 0) is 64.1 Å². The first kappa shape index (κ1) is 20.2. The maximum atomic E-state index is 12.9. The van der Waals surface area contributed by atoms with Crippen molar-refractivity contribution in [3.8, 4) is 11.1 Å². The van der Waals surface area contributed by atoms with Crippen LogP contribution in [0, 0.1) is 0 Å². The summed E-state index contributed by atoms with van der Waals surface area (Å²) in [6.45, 7) is 2.37. The molecule has 0 saturated carbocycles. The van der Waals surface area contributed by atoms with Crippen LogP contribution in [-0.4, -0.2) is 43.0 Å². The molecule has 5 heteroatoms. The Morgan fingerprint density at radius 2 is 1.62 bits per heavy atom. The molecule has 1 saturated heterocycles. The van der Waals surface area contributed by atoms with Crippen molar-refractivity contribution in [1.82, 2.24) is 4.90 Å². The number of morpholine rings is 1. The molecular formula is C27H24N2O3. The summed E-state index contributed by atoms with van der Waals surface area (Å²) in [5, 5.41) is 0. The summed E-state index contributed by atoms with van der Waals surface area (Å²) in [5.74, 6) is -0.415. The molecular weight excluding hydrogens is 400 g/mol. The molecule has 0 atom stereocenters. The van der Waals surface area contributed by atoms with Crippen molar-refractivity contribution in [2.45, 2.75) is 6.42 Å². The maximum Gasteiger partial charge on any atom is 0.254 e. The highest BCUT2D eigenvalue weighted by atomic mass is 16.5. The van der Waals surface area contributed by atoms with Crippen molar-refractivity contribution in [3.05, 3.63) is 94.0 Å². The van der Waals surface area contributed by atoms with Crippen molar-refractivity contribution < 1.29 is 14.3 Å². The number of hydrogen-bond acceptors (Lipinski definition) is 3. The normalized spacial score (nSPS) is 14.9. The van der Waals surface area contributed by atoms with Crippen molar-refractivity contribution >= 4 is 24.0 Å². The first-order chi connectivity index (χ1) is 15.6.